The zero-order chi connectivity index (χ0) is 12.0. The Balaban J connectivity index is 2.52. The van der Waals surface area contributed by atoms with Gasteiger partial charge < -0.3 is 15.2 Å². The SMILES string of the molecule is CCOCC(C)OC(=O)c1cncc(N)c1. The summed E-state index contributed by atoms with van der Waals surface area (Å²) in [7, 11) is 0. The molecule has 0 aliphatic rings. The lowest BCUT2D eigenvalue weighted by Crippen LogP contribution is -2.20. The second-order valence-electron chi connectivity index (χ2n) is 3.38. The number of carbonyl (C=O) groups excluding carboxylic acids is 1. The summed E-state index contributed by atoms with van der Waals surface area (Å²) in [5.41, 5.74) is 6.30. The second-order valence-corrected chi connectivity index (χ2v) is 3.38. The van der Waals surface area contributed by atoms with Crippen LogP contribution < -0.4 is 5.73 Å². The molecule has 1 unspecified atom stereocenters. The van der Waals surface area contributed by atoms with Gasteiger partial charge in [-0.25, -0.2) is 4.79 Å². The van der Waals surface area contributed by atoms with E-state index < -0.39 is 5.97 Å². The number of nitrogen functional groups attached to an aromatic ring is 1. The maximum Gasteiger partial charge on any atom is 0.340 e. The van der Waals surface area contributed by atoms with Gasteiger partial charge in [0.25, 0.3) is 0 Å². The molecule has 1 heterocycles. The van der Waals surface area contributed by atoms with Crippen LogP contribution in [0, 0.1) is 0 Å². The number of hydrogen-bond donors (Lipinski definition) is 1. The fourth-order valence-corrected chi connectivity index (χ4v) is 1.14. The molecule has 1 aromatic heterocycles. The third-order valence-corrected chi connectivity index (χ3v) is 1.86. The van der Waals surface area contributed by atoms with Crippen LogP contribution in [0.15, 0.2) is 18.5 Å². The van der Waals surface area contributed by atoms with Crippen molar-refractivity contribution in [3.05, 3.63) is 24.0 Å². The van der Waals surface area contributed by atoms with Crippen molar-refractivity contribution in [2.75, 3.05) is 18.9 Å². The summed E-state index contributed by atoms with van der Waals surface area (Å²) in [5.74, 6) is -0.438. The molecule has 16 heavy (non-hydrogen) atoms. The summed E-state index contributed by atoms with van der Waals surface area (Å²) in [6, 6.07) is 1.53. The van der Waals surface area contributed by atoms with Crippen LogP contribution in [0.4, 0.5) is 5.69 Å². The number of nitrogens with zero attached hydrogens (tertiary/aromatic N) is 1. The molecule has 0 aromatic carbocycles. The average Bonchev–Trinajstić information content (AvgIpc) is 2.26. The highest BCUT2D eigenvalue weighted by Gasteiger charge is 2.12. The van der Waals surface area contributed by atoms with E-state index in [1.807, 2.05) is 6.92 Å². The van der Waals surface area contributed by atoms with Gasteiger partial charge in [0.1, 0.15) is 6.10 Å². The van der Waals surface area contributed by atoms with Gasteiger partial charge in [-0.15, -0.1) is 0 Å². The highest BCUT2D eigenvalue weighted by molar-refractivity contribution is 5.90. The van der Waals surface area contributed by atoms with Crippen molar-refractivity contribution in [1.82, 2.24) is 4.98 Å². The Morgan fingerprint density at radius 1 is 1.56 bits per heavy atom. The van der Waals surface area contributed by atoms with Crippen molar-refractivity contribution >= 4 is 11.7 Å². The number of aromatic nitrogens is 1. The number of nitrogens with two attached hydrogens (primary N) is 1. The summed E-state index contributed by atoms with van der Waals surface area (Å²) in [6.45, 7) is 4.64. The largest absolute Gasteiger partial charge is 0.457 e. The van der Waals surface area contributed by atoms with Gasteiger partial charge in [0, 0.05) is 19.0 Å². The standard InChI is InChI=1S/C11H16N2O3/c1-3-15-7-8(2)16-11(14)9-4-10(12)6-13-5-9/h4-6,8H,3,7,12H2,1-2H3. The first-order chi connectivity index (χ1) is 7.63. The quantitative estimate of drug-likeness (QED) is 0.762. The first-order valence-electron chi connectivity index (χ1n) is 5.12. The Hall–Kier alpha value is -1.62. The van der Waals surface area contributed by atoms with Crippen molar-refractivity contribution in [2.24, 2.45) is 0 Å². The van der Waals surface area contributed by atoms with E-state index in [-0.39, 0.29) is 6.10 Å². The van der Waals surface area contributed by atoms with E-state index in [1.54, 1.807) is 6.92 Å². The fourth-order valence-electron chi connectivity index (χ4n) is 1.14. The van der Waals surface area contributed by atoms with Crippen LogP contribution in [0.1, 0.15) is 24.2 Å². The van der Waals surface area contributed by atoms with Gasteiger partial charge in [0.05, 0.1) is 17.9 Å². The van der Waals surface area contributed by atoms with Crippen molar-refractivity contribution in [3.63, 3.8) is 0 Å². The zero-order valence-corrected chi connectivity index (χ0v) is 9.47. The lowest BCUT2D eigenvalue weighted by Gasteiger charge is -2.12. The molecule has 88 valence electrons. The molecule has 1 atom stereocenters. The Labute approximate surface area is 94.6 Å². The minimum Gasteiger partial charge on any atom is -0.457 e. The van der Waals surface area contributed by atoms with Gasteiger partial charge in [-0.3, -0.25) is 4.98 Å². The Bertz CT molecular complexity index is 355. The summed E-state index contributed by atoms with van der Waals surface area (Å²) in [5, 5.41) is 0. The van der Waals surface area contributed by atoms with Crippen LogP contribution >= 0.6 is 0 Å². The van der Waals surface area contributed by atoms with Crippen LogP contribution in [0.25, 0.3) is 0 Å². The molecule has 0 amide bonds. The molecule has 0 saturated carbocycles. The highest BCUT2D eigenvalue weighted by Crippen LogP contribution is 2.07. The topological polar surface area (TPSA) is 74.4 Å². The lowest BCUT2D eigenvalue weighted by molar-refractivity contribution is 0.00436. The van der Waals surface area contributed by atoms with E-state index in [0.29, 0.717) is 24.5 Å². The van der Waals surface area contributed by atoms with Crippen molar-refractivity contribution in [1.29, 1.82) is 0 Å². The number of carbonyl (C=O) groups is 1. The van der Waals surface area contributed by atoms with Crippen molar-refractivity contribution in [3.8, 4) is 0 Å². The molecular weight excluding hydrogens is 208 g/mol. The van der Waals surface area contributed by atoms with E-state index in [9.17, 15) is 4.79 Å². The monoisotopic (exact) mass is 224 g/mol. The van der Waals surface area contributed by atoms with Gasteiger partial charge in [-0.05, 0) is 19.9 Å². The number of hydrogen-bond acceptors (Lipinski definition) is 5. The molecule has 0 aliphatic heterocycles. The minimum absolute atomic E-state index is 0.283. The van der Waals surface area contributed by atoms with Crippen LogP contribution in [-0.4, -0.2) is 30.3 Å². The molecule has 2 N–H and O–H groups in total. The van der Waals surface area contributed by atoms with Crippen LogP contribution in [-0.2, 0) is 9.47 Å². The molecule has 1 rings (SSSR count). The van der Waals surface area contributed by atoms with E-state index in [2.05, 4.69) is 4.98 Å². The Morgan fingerprint density at radius 3 is 2.94 bits per heavy atom. The summed E-state index contributed by atoms with van der Waals surface area (Å²) in [6.07, 6.45) is 2.61. The van der Waals surface area contributed by atoms with Gasteiger partial charge in [0.15, 0.2) is 0 Å². The Kier molecular flexibility index (Phi) is 4.72. The molecular formula is C11H16N2O3. The Morgan fingerprint density at radius 2 is 2.31 bits per heavy atom. The molecule has 5 nitrogen and oxygen atoms in total. The maximum atomic E-state index is 11.6. The van der Waals surface area contributed by atoms with Crippen LogP contribution in [0.3, 0.4) is 0 Å². The van der Waals surface area contributed by atoms with E-state index in [4.69, 9.17) is 15.2 Å². The maximum absolute atomic E-state index is 11.6. The van der Waals surface area contributed by atoms with Crippen molar-refractivity contribution in [2.45, 2.75) is 20.0 Å². The number of pyridine rings is 1. The average molecular weight is 224 g/mol. The van der Waals surface area contributed by atoms with Crippen LogP contribution in [0.5, 0.6) is 0 Å². The molecule has 0 spiro atoms. The summed E-state index contributed by atoms with van der Waals surface area (Å²) in [4.78, 5) is 15.4. The first kappa shape index (κ1) is 12.4. The van der Waals surface area contributed by atoms with E-state index >= 15 is 0 Å². The number of ether oxygens (including phenoxy) is 2. The summed E-state index contributed by atoms with van der Waals surface area (Å²) < 4.78 is 10.3. The predicted octanol–water partition coefficient (Wildman–Crippen LogP) is 1.25. The van der Waals surface area contributed by atoms with Crippen LogP contribution in [0.2, 0.25) is 0 Å². The van der Waals surface area contributed by atoms with Gasteiger partial charge in [0.2, 0.25) is 0 Å². The fraction of sp³-hybridized carbons (Fsp3) is 0.455. The van der Waals surface area contributed by atoms with Gasteiger partial charge in [-0.1, -0.05) is 0 Å². The van der Waals surface area contributed by atoms with Gasteiger partial charge in [-0.2, -0.15) is 0 Å². The molecule has 0 bridgehead atoms. The van der Waals surface area contributed by atoms with Gasteiger partial charge >= 0.3 is 5.97 Å². The predicted molar refractivity (Wildman–Crippen MR) is 60.0 cm³/mol. The normalized spacial score (nSPS) is 12.1. The third kappa shape index (κ3) is 3.86. The molecule has 0 aliphatic carbocycles. The van der Waals surface area contributed by atoms with Crippen molar-refractivity contribution < 1.29 is 14.3 Å². The molecule has 5 heteroatoms. The summed E-state index contributed by atoms with van der Waals surface area (Å²) >= 11 is 0. The van der Waals surface area contributed by atoms with E-state index in [0.717, 1.165) is 0 Å². The molecule has 1 aromatic rings. The lowest BCUT2D eigenvalue weighted by atomic mass is 10.2. The number of rotatable bonds is 5. The highest BCUT2D eigenvalue weighted by atomic mass is 16.6. The van der Waals surface area contributed by atoms with E-state index in [1.165, 1.54) is 18.5 Å². The molecule has 0 radical (unpaired) electrons. The zero-order valence-electron chi connectivity index (χ0n) is 9.47. The molecule has 0 fully saturated rings. The minimum atomic E-state index is -0.438. The number of anilines is 1. The third-order valence-electron chi connectivity index (χ3n) is 1.86. The smallest absolute Gasteiger partial charge is 0.340 e. The number of esters is 1. The molecule has 0 saturated heterocycles. The second kappa shape index (κ2) is 6.07. The first-order valence-corrected chi connectivity index (χ1v) is 5.12.